The van der Waals surface area contributed by atoms with Crippen molar-refractivity contribution in [3.63, 3.8) is 0 Å². The fraction of sp³-hybridized carbons (Fsp3) is 0.267. The number of rotatable bonds is 5. The van der Waals surface area contributed by atoms with Gasteiger partial charge in [-0.05, 0) is 30.7 Å². The Hall–Kier alpha value is -1.73. The largest absolute Gasteiger partial charge is 0.451 e. The van der Waals surface area contributed by atoms with E-state index in [1.54, 1.807) is 6.07 Å². The Morgan fingerprint density at radius 3 is 3.05 bits per heavy atom. The number of nitrogens with one attached hydrogen (secondary N) is 1. The Kier molecular flexibility index (Phi) is 4.54. The third-order valence-electron chi connectivity index (χ3n) is 3.13. The Bertz CT molecular complexity index is 812. The maximum absolute atomic E-state index is 12.2. The molecular formula is C15H14BrN3O2S. The highest BCUT2D eigenvalue weighted by molar-refractivity contribution is 9.10. The van der Waals surface area contributed by atoms with Gasteiger partial charge in [-0.3, -0.25) is 10.1 Å². The lowest BCUT2D eigenvalue weighted by molar-refractivity contribution is 0.0998. The molecule has 3 aromatic rings. The summed E-state index contributed by atoms with van der Waals surface area (Å²) < 4.78 is 6.49. The number of aromatic nitrogens is 2. The van der Waals surface area contributed by atoms with Crippen LogP contribution in [0.4, 0.5) is 5.13 Å². The quantitative estimate of drug-likeness (QED) is 0.700. The van der Waals surface area contributed by atoms with Gasteiger partial charge in [-0.2, -0.15) is 0 Å². The summed E-state index contributed by atoms with van der Waals surface area (Å²) in [6.07, 6.45) is 3.07. The first-order valence-electron chi connectivity index (χ1n) is 6.98. The van der Waals surface area contributed by atoms with Gasteiger partial charge in [-0.15, -0.1) is 10.2 Å². The molecule has 1 aromatic carbocycles. The van der Waals surface area contributed by atoms with E-state index in [4.69, 9.17) is 4.42 Å². The zero-order chi connectivity index (χ0) is 15.5. The van der Waals surface area contributed by atoms with Crippen molar-refractivity contribution < 1.29 is 9.21 Å². The van der Waals surface area contributed by atoms with Crippen LogP contribution in [0.15, 0.2) is 33.2 Å². The molecule has 22 heavy (non-hydrogen) atoms. The average molecular weight is 380 g/mol. The van der Waals surface area contributed by atoms with Crippen molar-refractivity contribution in [3.8, 4) is 0 Å². The van der Waals surface area contributed by atoms with E-state index in [1.807, 2.05) is 18.2 Å². The summed E-state index contributed by atoms with van der Waals surface area (Å²) in [6.45, 7) is 2.13. The minimum Gasteiger partial charge on any atom is -0.451 e. The molecular weight excluding hydrogens is 366 g/mol. The standard InChI is InChI=1S/C15H14BrN3O2S/c1-2-3-4-13-18-19-15(22-13)17-14(20)12-8-9-7-10(16)5-6-11(9)21-12/h5-8H,2-4H2,1H3,(H,17,19,20). The lowest BCUT2D eigenvalue weighted by Crippen LogP contribution is -2.10. The second-order valence-corrected chi connectivity index (χ2v) is 6.83. The van der Waals surface area contributed by atoms with Crippen LogP contribution in [0, 0.1) is 0 Å². The number of carbonyl (C=O) groups is 1. The Balaban J connectivity index is 1.73. The number of furan rings is 1. The highest BCUT2D eigenvalue weighted by atomic mass is 79.9. The van der Waals surface area contributed by atoms with Crippen LogP contribution in [0.5, 0.6) is 0 Å². The summed E-state index contributed by atoms with van der Waals surface area (Å²) in [6, 6.07) is 7.32. The van der Waals surface area contributed by atoms with Crippen LogP contribution in [0.3, 0.4) is 0 Å². The highest BCUT2D eigenvalue weighted by Crippen LogP contribution is 2.24. The SMILES string of the molecule is CCCCc1nnc(NC(=O)c2cc3cc(Br)ccc3o2)s1. The van der Waals surface area contributed by atoms with Gasteiger partial charge in [0.15, 0.2) is 5.76 Å². The van der Waals surface area contributed by atoms with E-state index in [0.29, 0.717) is 10.7 Å². The van der Waals surface area contributed by atoms with Crippen molar-refractivity contribution in [2.45, 2.75) is 26.2 Å². The predicted molar refractivity (Wildman–Crippen MR) is 90.4 cm³/mol. The highest BCUT2D eigenvalue weighted by Gasteiger charge is 2.15. The average Bonchev–Trinajstić information content (AvgIpc) is 3.11. The first-order valence-corrected chi connectivity index (χ1v) is 8.59. The zero-order valence-electron chi connectivity index (χ0n) is 11.9. The molecule has 2 heterocycles. The number of halogens is 1. The topological polar surface area (TPSA) is 68.0 Å². The van der Waals surface area contributed by atoms with Gasteiger partial charge in [0, 0.05) is 16.3 Å². The van der Waals surface area contributed by atoms with E-state index in [1.165, 1.54) is 11.3 Å². The molecule has 0 aliphatic rings. The van der Waals surface area contributed by atoms with Crippen LogP contribution < -0.4 is 5.32 Å². The third kappa shape index (κ3) is 3.36. The Morgan fingerprint density at radius 2 is 2.23 bits per heavy atom. The van der Waals surface area contributed by atoms with E-state index in [0.717, 1.165) is 34.1 Å². The van der Waals surface area contributed by atoms with E-state index in [2.05, 4.69) is 38.4 Å². The van der Waals surface area contributed by atoms with Crippen molar-refractivity contribution >= 4 is 49.3 Å². The van der Waals surface area contributed by atoms with Gasteiger partial charge < -0.3 is 4.42 Å². The van der Waals surface area contributed by atoms with Crippen molar-refractivity contribution in [1.29, 1.82) is 0 Å². The van der Waals surface area contributed by atoms with E-state index >= 15 is 0 Å². The fourth-order valence-electron chi connectivity index (χ4n) is 2.02. The molecule has 0 aliphatic heterocycles. The normalized spacial score (nSPS) is 11.0. The van der Waals surface area contributed by atoms with Crippen molar-refractivity contribution in [3.05, 3.63) is 39.5 Å². The number of fused-ring (bicyclic) bond motifs is 1. The molecule has 2 aromatic heterocycles. The van der Waals surface area contributed by atoms with Crippen LogP contribution in [0.1, 0.15) is 35.3 Å². The van der Waals surface area contributed by atoms with Crippen LogP contribution in [-0.2, 0) is 6.42 Å². The zero-order valence-corrected chi connectivity index (χ0v) is 14.3. The maximum Gasteiger partial charge on any atom is 0.293 e. The summed E-state index contributed by atoms with van der Waals surface area (Å²) in [5.41, 5.74) is 0.675. The van der Waals surface area contributed by atoms with Gasteiger partial charge in [0.05, 0.1) is 0 Å². The van der Waals surface area contributed by atoms with Crippen LogP contribution >= 0.6 is 27.3 Å². The van der Waals surface area contributed by atoms with Crippen molar-refractivity contribution in [2.75, 3.05) is 5.32 Å². The molecule has 0 fully saturated rings. The number of amides is 1. The van der Waals surface area contributed by atoms with Gasteiger partial charge >= 0.3 is 0 Å². The molecule has 0 saturated heterocycles. The first kappa shape index (κ1) is 15.2. The number of aryl methyl sites for hydroxylation is 1. The Labute approximate surface area is 139 Å². The minimum absolute atomic E-state index is 0.262. The minimum atomic E-state index is -0.314. The molecule has 1 N–H and O–H groups in total. The third-order valence-corrected chi connectivity index (χ3v) is 4.53. The molecule has 0 spiro atoms. The predicted octanol–water partition coefficient (Wildman–Crippen LogP) is 4.64. The van der Waals surface area contributed by atoms with Gasteiger partial charge in [-0.1, -0.05) is 40.6 Å². The Morgan fingerprint density at radius 1 is 1.36 bits per heavy atom. The molecule has 114 valence electrons. The molecule has 7 heteroatoms. The summed E-state index contributed by atoms with van der Waals surface area (Å²) in [7, 11) is 0. The molecule has 0 atom stereocenters. The monoisotopic (exact) mass is 379 g/mol. The molecule has 0 unspecified atom stereocenters. The van der Waals surface area contributed by atoms with E-state index < -0.39 is 0 Å². The summed E-state index contributed by atoms with van der Waals surface area (Å²) in [4.78, 5) is 12.2. The van der Waals surface area contributed by atoms with Gasteiger partial charge in [0.25, 0.3) is 5.91 Å². The number of carbonyl (C=O) groups excluding carboxylic acids is 1. The maximum atomic E-state index is 12.2. The van der Waals surface area contributed by atoms with Crippen molar-refractivity contribution in [2.24, 2.45) is 0 Å². The second-order valence-electron chi connectivity index (χ2n) is 4.85. The number of benzene rings is 1. The van der Waals surface area contributed by atoms with Crippen LogP contribution in [-0.4, -0.2) is 16.1 Å². The van der Waals surface area contributed by atoms with Crippen LogP contribution in [0.2, 0.25) is 0 Å². The van der Waals surface area contributed by atoms with Crippen LogP contribution in [0.25, 0.3) is 11.0 Å². The molecule has 0 radical (unpaired) electrons. The smallest absolute Gasteiger partial charge is 0.293 e. The molecule has 0 bridgehead atoms. The molecule has 0 saturated carbocycles. The van der Waals surface area contributed by atoms with Gasteiger partial charge in [0.2, 0.25) is 5.13 Å². The van der Waals surface area contributed by atoms with Gasteiger partial charge in [0.1, 0.15) is 10.6 Å². The van der Waals surface area contributed by atoms with E-state index in [-0.39, 0.29) is 11.7 Å². The fourth-order valence-corrected chi connectivity index (χ4v) is 3.17. The number of anilines is 1. The molecule has 1 amide bonds. The summed E-state index contributed by atoms with van der Waals surface area (Å²) >= 11 is 4.80. The molecule has 5 nitrogen and oxygen atoms in total. The summed E-state index contributed by atoms with van der Waals surface area (Å²) in [5.74, 6) is -0.0519. The number of nitrogens with zero attached hydrogens (tertiary/aromatic N) is 2. The second kappa shape index (κ2) is 6.58. The number of unbranched alkanes of at least 4 members (excludes halogenated alkanes) is 1. The molecule has 3 rings (SSSR count). The van der Waals surface area contributed by atoms with Gasteiger partial charge in [-0.25, -0.2) is 0 Å². The summed E-state index contributed by atoms with van der Waals surface area (Å²) in [5, 5.41) is 13.1. The lowest BCUT2D eigenvalue weighted by atomic mass is 10.2. The van der Waals surface area contributed by atoms with Crippen molar-refractivity contribution in [1.82, 2.24) is 10.2 Å². The lowest BCUT2D eigenvalue weighted by Gasteiger charge is -1.96. The first-order chi connectivity index (χ1) is 10.7. The number of hydrogen-bond acceptors (Lipinski definition) is 5. The van der Waals surface area contributed by atoms with E-state index in [9.17, 15) is 4.79 Å². The molecule has 0 aliphatic carbocycles. The number of hydrogen-bond donors (Lipinski definition) is 1.